The van der Waals surface area contributed by atoms with Crippen LogP contribution in [0.15, 0.2) is 17.3 Å². The van der Waals surface area contributed by atoms with E-state index in [2.05, 4.69) is 91.8 Å². The molecule has 2 unspecified atom stereocenters. The van der Waals surface area contributed by atoms with Crippen molar-refractivity contribution >= 4 is 27.5 Å². The van der Waals surface area contributed by atoms with Crippen LogP contribution in [0, 0.1) is 0 Å². The average molecular weight is 479 g/mol. The molecular formula is C19H30Cl2NO2Si2Ti. The van der Waals surface area contributed by atoms with Crippen molar-refractivity contribution in [3.8, 4) is 5.75 Å². The summed E-state index contributed by atoms with van der Waals surface area (Å²) in [7, 11) is -3.50. The number of anilines is 1. The number of halogens is 2. The molecule has 1 N–H and O–H groups in total. The van der Waals surface area contributed by atoms with Gasteiger partial charge in [-0.05, 0) is 0 Å². The summed E-state index contributed by atoms with van der Waals surface area (Å²) >= 11 is 2.33. The van der Waals surface area contributed by atoms with Gasteiger partial charge in [-0.2, -0.15) is 0 Å². The first kappa shape index (κ1) is 25.3. The Hall–Kier alpha value is 0.248. The Morgan fingerprint density at radius 3 is 2.26 bits per heavy atom. The van der Waals surface area contributed by atoms with Crippen LogP contribution in [0.4, 0.5) is 5.69 Å². The number of rotatable bonds is 5. The SMILES string of the molecule is CCO[Si]1(C)C2=C1[CH]([Ti+2])c1ccc(O[Si](C)(C)C)c(NC(C)(C)C)c12.[Cl-].[Cl-]. The van der Waals surface area contributed by atoms with E-state index < -0.39 is 16.6 Å². The minimum atomic E-state index is -1.81. The van der Waals surface area contributed by atoms with Gasteiger partial charge < -0.3 is 24.8 Å². The third kappa shape index (κ3) is 4.71. The molecule has 1 aromatic rings. The van der Waals surface area contributed by atoms with Crippen molar-refractivity contribution in [3.63, 3.8) is 0 Å². The zero-order chi connectivity index (χ0) is 18.8. The van der Waals surface area contributed by atoms with Gasteiger partial charge >= 0.3 is 167 Å². The zero-order valence-corrected chi connectivity index (χ0v) is 22.6. The van der Waals surface area contributed by atoms with Crippen LogP contribution in [-0.4, -0.2) is 28.8 Å². The van der Waals surface area contributed by atoms with E-state index in [-0.39, 0.29) is 30.4 Å². The molecule has 1 aromatic carbocycles. The molecule has 27 heavy (non-hydrogen) atoms. The average Bonchev–Trinajstić information content (AvgIpc) is 2.87. The van der Waals surface area contributed by atoms with E-state index in [0.29, 0.717) is 4.22 Å². The first-order valence-corrected chi connectivity index (χ1v) is 15.9. The predicted octanol–water partition coefficient (Wildman–Crippen LogP) is -0.822. The van der Waals surface area contributed by atoms with Gasteiger partial charge in [0.15, 0.2) is 0 Å². The second-order valence-electron chi connectivity index (χ2n) is 9.18. The van der Waals surface area contributed by atoms with E-state index in [4.69, 9.17) is 8.85 Å². The second-order valence-corrected chi connectivity index (χ2v) is 17.9. The maximum Gasteiger partial charge on any atom is -1.00 e. The fraction of sp³-hybridized carbons (Fsp3) is 0.579. The third-order valence-corrected chi connectivity index (χ3v) is 10.5. The van der Waals surface area contributed by atoms with E-state index in [1.165, 1.54) is 22.0 Å². The molecular weight excluding hydrogens is 449 g/mol. The minimum absolute atomic E-state index is 0. The van der Waals surface area contributed by atoms with E-state index in [1.807, 2.05) is 0 Å². The molecule has 0 amide bonds. The van der Waals surface area contributed by atoms with Crippen molar-refractivity contribution in [1.82, 2.24) is 0 Å². The van der Waals surface area contributed by atoms with Crippen LogP contribution in [0.25, 0.3) is 5.20 Å². The van der Waals surface area contributed by atoms with Gasteiger partial charge in [0.2, 0.25) is 0 Å². The monoisotopic (exact) mass is 478 g/mol. The fourth-order valence-corrected chi connectivity index (χ4v) is 10.6. The molecule has 0 bridgehead atoms. The minimum Gasteiger partial charge on any atom is -1.00 e. The first-order valence-electron chi connectivity index (χ1n) is 9.13. The summed E-state index contributed by atoms with van der Waals surface area (Å²) in [5, 5.41) is 6.87. The molecule has 1 aliphatic heterocycles. The molecule has 0 aromatic heterocycles. The molecule has 0 spiro atoms. The Balaban J connectivity index is 0.00000182. The Morgan fingerprint density at radius 1 is 1.19 bits per heavy atom. The van der Waals surface area contributed by atoms with Crippen LogP contribution in [-0.2, 0) is 24.9 Å². The van der Waals surface area contributed by atoms with Crippen LogP contribution in [0.5, 0.6) is 5.75 Å². The van der Waals surface area contributed by atoms with Gasteiger partial charge in [-0.25, -0.2) is 0 Å². The zero-order valence-electron chi connectivity index (χ0n) is 17.5. The number of benzene rings is 1. The Morgan fingerprint density at radius 2 is 1.78 bits per heavy atom. The summed E-state index contributed by atoms with van der Waals surface area (Å²) in [6, 6.07) is 4.45. The number of hydrogen-bond donors (Lipinski definition) is 1. The molecule has 8 heteroatoms. The predicted molar refractivity (Wildman–Crippen MR) is 107 cm³/mol. The molecule has 0 saturated carbocycles. The van der Waals surface area contributed by atoms with E-state index in [0.717, 1.165) is 12.4 Å². The van der Waals surface area contributed by atoms with Crippen LogP contribution < -0.4 is 34.6 Å². The maximum absolute atomic E-state index is 6.46. The van der Waals surface area contributed by atoms with Gasteiger partial charge in [0, 0.05) is 0 Å². The van der Waals surface area contributed by atoms with Gasteiger partial charge in [-0.15, -0.1) is 0 Å². The largest absolute Gasteiger partial charge is 1.00 e. The Kier molecular flexibility index (Phi) is 7.65. The number of allylic oxidation sites excluding steroid dienone is 1. The summed E-state index contributed by atoms with van der Waals surface area (Å²) in [5.41, 5.74) is 3.98. The van der Waals surface area contributed by atoms with Crippen molar-refractivity contribution in [2.24, 2.45) is 0 Å². The Labute approximate surface area is 190 Å². The summed E-state index contributed by atoms with van der Waals surface area (Å²) in [6.45, 7) is 18.6. The van der Waals surface area contributed by atoms with Crippen molar-refractivity contribution in [3.05, 3.63) is 28.5 Å². The number of hydrogen-bond acceptors (Lipinski definition) is 3. The summed E-state index contributed by atoms with van der Waals surface area (Å²) in [5.74, 6) is 1.01. The number of nitrogens with one attached hydrogen (secondary N) is 1. The molecule has 1 aliphatic carbocycles. The molecule has 0 saturated heterocycles. The van der Waals surface area contributed by atoms with E-state index in [9.17, 15) is 0 Å². The van der Waals surface area contributed by atoms with Gasteiger partial charge in [-0.1, -0.05) is 0 Å². The van der Waals surface area contributed by atoms with Gasteiger partial charge in [0.25, 0.3) is 0 Å². The van der Waals surface area contributed by atoms with Crippen molar-refractivity contribution in [2.75, 3.05) is 11.9 Å². The topological polar surface area (TPSA) is 30.5 Å². The van der Waals surface area contributed by atoms with E-state index >= 15 is 0 Å². The fourth-order valence-electron chi connectivity index (χ4n) is 3.79. The summed E-state index contributed by atoms with van der Waals surface area (Å²) in [6.07, 6.45) is 0. The maximum atomic E-state index is 6.46. The summed E-state index contributed by atoms with van der Waals surface area (Å²) in [4.78, 5) is 0. The van der Waals surface area contributed by atoms with Crippen molar-refractivity contribution in [1.29, 1.82) is 0 Å². The van der Waals surface area contributed by atoms with Gasteiger partial charge in [-0.3, -0.25) is 0 Å². The van der Waals surface area contributed by atoms with Crippen molar-refractivity contribution in [2.45, 2.75) is 63.6 Å². The smallest absolute Gasteiger partial charge is 1.00 e. The third-order valence-electron chi connectivity index (χ3n) is 4.60. The van der Waals surface area contributed by atoms with E-state index in [1.54, 1.807) is 5.20 Å². The molecule has 149 valence electrons. The molecule has 2 atom stereocenters. The summed E-state index contributed by atoms with van der Waals surface area (Å²) < 4.78 is 13.2. The van der Waals surface area contributed by atoms with Crippen LogP contribution >= 0.6 is 0 Å². The van der Waals surface area contributed by atoms with Crippen molar-refractivity contribution < 1.29 is 54.1 Å². The quantitative estimate of drug-likeness (QED) is 0.560. The van der Waals surface area contributed by atoms with Gasteiger partial charge in [0.1, 0.15) is 0 Å². The first-order chi connectivity index (χ1) is 11.4. The van der Waals surface area contributed by atoms with Gasteiger partial charge in [0.05, 0.1) is 0 Å². The second kappa shape index (κ2) is 8.17. The number of fused-ring (bicyclic) bond motifs is 2. The molecule has 3 rings (SSSR count). The van der Waals surface area contributed by atoms with Crippen LogP contribution in [0.2, 0.25) is 26.2 Å². The standard InChI is InChI=1S/C19H30NO2Si2.2ClH.Ti/c1-9-21-24(8)15-12-13-10-11-14(22-23(5,6)7)17(16(13)18(15)24)20-19(2,3)4;;;/h10-12,20H,9H2,1-8H3;2*1H;/q;;;+2/p-2. The normalized spacial score (nSPS) is 23.1. The van der Waals surface area contributed by atoms with Crippen LogP contribution in [0.3, 0.4) is 0 Å². The Bertz CT molecular complexity index is 759. The van der Waals surface area contributed by atoms with Crippen LogP contribution in [0.1, 0.15) is 43.0 Å². The molecule has 2 aliphatic rings. The molecule has 1 heterocycles. The molecule has 0 radical (unpaired) electrons. The molecule has 3 nitrogen and oxygen atoms in total. The molecule has 0 fully saturated rings.